The zero-order valence-corrected chi connectivity index (χ0v) is 11.8. The molecule has 108 valence electrons. The molecule has 0 radical (unpaired) electrons. The molecule has 0 aliphatic carbocycles. The van der Waals surface area contributed by atoms with E-state index in [0.29, 0.717) is 17.2 Å². The minimum Gasteiger partial charge on any atom is -0.493 e. The Labute approximate surface area is 116 Å². The zero-order valence-electron chi connectivity index (χ0n) is 11.0. The van der Waals surface area contributed by atoms with Crippen molar-refractivity contribution in [2.75, 3.05) is 14.2 Å². The van der Waals surface area contributed by atoms with E-state index >= 15 is 0 Å². The molecule has 1 heterocycles. The maximum absolute atomic E-state index is 12.1. The van der Waals surface area contributed by atoms with Crippen molar-refractivity contribution < 1.29 is 22.3 Å². The van der Waals surface area contributed by atoms with Gasteiger partial charge in [0, 0.05) is 6.07 Å². The Kier molecular flexibility index (Phi) is 4.26. The number of oxazole rings is 1. The van der Waals surface area contributed by atoms with Gasteiger partial charge in [0.2, 0.25) is 10.0 Å². The van der Waals surface area contributed by atoms with Crippen LogP contribution in [-0.2, 0) is 16.6 Å². The molecule has 0 aliphatic rings. The van der Waals surface area contributed by atoms with Crippen LogP contribution in [0.1, 0.15) is 5.69 Å². The molecule has 1 aromatic heterocycles. The minimum absolute atomic E-state index is 0.0488. The molecule has 0 atom stereocenters. The minimum atomic E-state index is -3.66. The second-order valence-electron chi connectivity index (χ2n) is 3.82. The standard InChI is InChI=1S/C12H14N2O5S/c1-17-11-4-3-10(5-12(11)18-2)20(15,16)14-6-9-7-19-8-13-9/h3-5,7-8,14H,6H2,1-2H3. The summed E-state index contributed by atoms with van der Waals surface area (Å²) < 4.78 is 41.6. The fourth-order valence-corrected chi connectivity index (χ4v) is 2.57. The summed E-state index contributed by atoms with van der Waals surface area (Å²) in [6.45, 7) is 0.0488. The summed E-state index contributed by atoms with van der Waals surface area (Å²) in [6, 6.07) is 4.36. The SMILES string of the molecule is COc1ccc(S(=O)(=O)NCc2cocn2)cc1OC. The number of sulfonamides is 1. The van der Waals surface area contributed by atoms with Gasteiger partial charge in [-0.25, -0.2) is 18.1 Å². The van der Waals surface area contributed by atoms with Gasteiger partial charge in [0.25, 0.3) is 0 Å². The second kappa shape index (κ2) is 5.93. The maximum atomic E-state index is 12.1. The van der Waals surface area contributed by atoms with E-state index in [1.807, 2.05) is 0 Å². The van der Waals surface area contributed by atoms with E-state index in [4.69, 9.17) is 13.9 Å². The number of aromatic nitrogens is 1. The molecule has 2 aromatic rings. The lowest BCUT2D eigenvalue weighted by Gasteiger charge is -2.10. The largest absolute Gasteiger partial charge is 0.493 e. The van der Waals surface area contributed by atoms with Gasteiger partial charge in [-0.3, -0.25) is 0 Å². The zero-order chi connectivity index (χ0) is 14.6. The summed E-state index contributed by atoms with van der Waals surface area (Å²) in [5, 5.41) is 0. The Morgan fingerprint density at radius 3 is 2.60 bits per heavy atom. The third kappa shape index (κ3) is 3.09. The molecule has 0 saturated heterocycles. The first-order valence-electron chi connectivity index (χ1n) is 5.65. The van der Waals surface area contributed by atoms with Crippen molar-refractivity contribution in [3.8, 4) is 11.5 Å². The van der Waals surface area contributed by atoms with E-state index in [-0.39, 0.29) is 11.4 Å². The Hall–Kier alpha value is -2.06. The fraction of sp³-hybridized carbons (Fsp3) is 0.250. The van der Waals surface area contributed by atoms with Crippen LogP contribution in [-0.4, -0.2) is 27.6 Å². The van der Waals surface area contributed by atoms with Crippen molar-refractivity contribution >= 4 is 10.0 Å². The van der Waals surface area contributed by atoms with E-state index in [0.717, 1.165) is 0 Å². The van der Waals surface area contributed by atoms with E-state index in [9.17, 15) is 8.42 Å². The highest BCUT2D eigenvalue weighted by molar-refractivity contribution is 7.89. The third-order valence-corrected chi connectivity index (χ3v) is 3.99. The number of hydrogen-bond donors (Lipinski definition) is 1. The number of benzene rings is 1. The quantitative estimate of drug-likeness (QED) is 0.861. The highest BCUT2D eigenvalue weighted by Crippen LogP contribution is 2.29. The summed E-state index contributed by atoms with van der Waals surface area (Å²) in [5.41, 5.74) is 0.494. The van der Waals surface area contributed by atoms with Crippen molar-refractivity contribution in [3.63, 3.8) is 0 Å². The molecule has 1 N–H and O–H groups in total. The maximum Gasteiger partial charge on any atom is 0.241 e. The van der Waals surface area contributed by atoms with Crippen LogP contribution in [0.4, 0.5) is 0 Å². The molecule has 0 spiro atoms. The van der Waals surface area contributed by atoms with Gasteiger partial charge in [-0.05, 0) is 12.1 Å². The summed E-state index contributed by atoms with van der Waals surface area (Å²) >= 11 is 0. The van der Waals surface area contributed by atoms with Crippen LogP contribution in [0.15, 0.2) is 40.2 Å². The van der Waals surface area contributed by atoms with E-state index in [1.165, 1.54) is 45.1 Å². The molecule has 0 aliphatic heterocycles. The van der Waals surface area contributed by atoms with Crippen molar-refractivity contribution in [2.45, 2.75) is 11.4 Å². The van der Waals surface area contributed by atoms with Crippen LogP contribution < -0.4 is 14.2 Å². The predicted octanol–water partition coefficient (Wildman–Crippen LogP) is 1.17. The van der Waals surface area contributed by atoms with Gasteiger partial charge < -0.3 is 13.9 Å². The first kappa shape index (κ1) is 14.4. The van der Waals surface area contributed by atoms with Crippen LogP contribution in [0.5, 0.6) is 11.5 Å². The molecular weight excluding hydrogens is 284 g/mol. The predicted molar refractivity (Wildman–Crippen MR) is 70.1 cm³/mol. The number of nitrogens with zero attached hydrogens (tertiary/aromatic N) is 1. The number of methoxy groups -OCH3 is 2. The normalized spacial score (nSPS) is 11.3. The average Bonchev–Trinajstić information content (AvgIpc) is 2.97. The molecule has 0 saturated carbocycles. The Bertz CT molecular complexity index is 667. The molecule has 8 heteroatoms. The highest BCUT2D eigenvalue weighted by Gasteiger charge is 2.17. The van der Waals surface area contributed by atoms with Gasteiger partial charge in [-0.1, -0.05) is 0 Å². The van der Waals surface area contributed by atoms with E-state index in [1.54, 1.807) is 0 Å². The summed E-state index contributed by atoms with van der Waals surface area (Å²) in [6.07, 6.45) is 2.61. The smallest absolute Gasteiger partial charge is 0.241 e. The topological polar surface area (TPSA) is 90.7 Å². The van der Waals surface area contributed by atoms with Crippen molar-refractivity contribution in [2.24, 2.45) is 0 Å². The van der Waals surface area contributed by atoms with Crippen LogP contribution in [0.3, 0.4) is 0 Å². The molecule has 2 rings (SSSR count). The lowest BCUT2D eigenvalue weighted by Crippen LogP contribution is -2.23. The lowest BCUT2D eigenvalue weighted by atomic mass is 10.3. The van der Waals surface area contributed by atoms with Crippen molar-refractivity contribution in [1.29, 1.82) is 0 Å². The average molecular weight is 298 g/mol. The van der Waals surface area contributed by atoms with Gasteiger partial charge in [-0.15, -0.1) is 0 Å². The first-order valence-corrected chi connectivity index (χ1v) is 7.14. The number of rotatable bonds is 6. The fourth-order valence-electron chi connectivity index (χ4n) is 1.56. The molecular formula is C12H14N2O5S. The molecule has 0 fully saturated rings. The van der Waals surface area contributed by atoms with Gasteiger partial charge in [0.05, 0.1) is 31.4 Å². The number of ether oxygens (including phenoxy) is 2. The lowest BCUT2D eigenvalue weighted by molar-refractivity contribution is 0.354. The summed E-state index contributed by atoms with van der Waals surface area (Å²) in [4.78, 5) is 3.92. The molecule has 1 aromatic carbocycles. The second-order valence-corrected chi connectivity index (χ2v) is 5.59. The van der Waals surface area contributed by atoms with Gasteiger partial charge in [0.1, 0.15) is 6.26 Å². The first-order chi connectivity index (χ1) is 9.56. The van der Waals surface area contributed by atoms with Gasteiger partial charge in [-0.2, -0.15) is 0 Å². The highest BCUT2D eigenvalue weighted by atomic mass is 32.2. The number of hydrogen-bond acceptors (Lipinski definition) is 6. The van der Waals surface area contributed by atoms with Gasteiger partial charge >= 0.3 is 0 Å². The Morgan fingerprint density at radius 2 is 2.00 bits per heavy atom. The third-order valence-electron chi connectivity index (χ3n) is 2.59. The summed E-state index contributed by atoms with van der Waals surface area (Å²) in [7, 11) is -0.739. The number of nitrogens with one attached hydrogen (secondary N) is 1. The van der Waals surface area contributed by atoms with Crippen LogP contribution in [0.2, 0.25) is 0 Å². The summed E-state index contributed by atoms with van der Waals surface area (Å²) in [5.74, 6) is 0.805. The van der Waals surface area contributed by atoms with Crippen molar-refractivity contribution in [3.05, 3.63) is 36.5 Å². The van der Waals surface area contributed by atoms with Crippen LogP contribution >= 0.6 is 0 Å². The Balaban J connectivity index is 2.20. The molecule has 0 amide bonds. The molecule has 20 heavy (non-hydrogen) atoms. The van der Waals surface area contributed by atoms with Crippen LogP contribution in [0.25, 0.3) is 0 Å². The Morgan fingerprint density at radius 1 is 1.25 bits per heavy atom. The molecule has 7 nitrogen and oxygen atoms in total. The monoisotopic (exact) mass is 298 g/mol. The molecule has 0 bridgehead atoms. The van der Waals surface area contributed by atoms with E-state index in [2.05, 4.69) is 9.71 Å². The van der Waals surface area contributed by atoms with Gasteiger partial charge in [0.15, 0.2) is 17.9 Å². The molecule has 0 unspecified atom stereocenters. The van der Waals surface area contributed by atoms with Crippen molar-refractivity contribution in [1.82, 2.24) is 9.71 Å². The van der Waals surface area contributed by atoms with Crippen LogP contribution in [0, 0.1) is 0 Å². The van der Waals surface area contributed by atoms with E-state index < -0.39 is 10.0 Å².